The van der Waals surface area contributed by atoms with E-state index in [1.54, 1.807) is 0 Å². The molecule has 6 N–H and O–H groups in total. The maximum absolute atomic E-state index is 11.0. The van der Waals surface area contributed by atoms with Crippen molar-refractivity contribution in [3.8, 4) is 0 Å². The second-order valence-corrected chi connectivity index (χ2v) is 4.38. The number of carbonyl (C=O) groups excluding carboxylic acids is 1. The summed E-state index contributed by atoms with van der Waals surface area (Å²) in [7, 11) is 0. The van der Waals surface area contributed by atoms with Crippen LogP contribution in [0.5, 0.6) is 0 Å². The Morgan fingerprint density at radius 2 is 2.05 bits per heavy atom. The molecule has 1 rings (SSSR count). The van der Waals surface area contributed by atoms with Gasteiger partial charge in [-0.05, 0) is 6.08 Å². The van der Waals surface area contributed by atoms with Gasteiger partial charge in [0, 0.05) is 6.92 Å². The van der Waals surface area contributed by atoms with Gasteiger partial charge in [-0.15, -0.1) is 0 Å². The lowest BCUT2D eigenvalue weighted by atomic mass is 9.94. The first kappa shape index (κ1) is 16.4. The first-order valence-corrected chi connectivity index (χ1v) is 5.81. The van der Waals surface area contributed by atoms with E-state index in [9.17, 15) is 24.9 Å². The summed E-state index contributed by atoms with van der Waals surface area (Å²) in [6.07, 6.45) is -5.36. The minimum atomic E-state index is -1.73. The number of aliphatic hydroxyl groups excluding tert-OH is 4. The quantitative estimate of drug-likeness (QED) is 0.311. The van der Waals surface area contributed by atoms with Crippen molar-refractivity contribution in [1.82, 2.24) is 5.32 Å². The molecule has 0 aromatic rings. The molecule has 1 amide bonds. The summed E-state index contributed by atoms with van der Waals surface area (Å²) in [5.41, 5.74) is 0. The Labute approximate surface area is 114 Å². The molecule has 5 atom stereocenters. The van der Waals surface area contributed by atoms with Crippen LogP contribution in [-0.2, 0) is 14.3 Å². The van der Waals surface area contributed by atoms with Gasteiger partial charge in [-0.1, -0.05) is 0 Å². The van der Waals surface area contributed by atoms with Crippen LogP contribution in [0, 0.1) is 0 Å². The van der Waals surface area contributed by atoms with Crippen LogP contribution in [0.15, 0.2) is 11.8 Å². The number of rotatable bonds is 5. The highest BCUT2D eigenvalue weighted by atomic mass is 16.5. The number of nitrogens with one attached hydrogen (secondary N) is 1. The van der Waals surface area contributed by atoms with Crippen LogP contribution in [0.25, 0.3) is 0 Å². The van der Waals surface area contributed by atoms with Gasteiger partial charge in [0.15, 0.2) is 6.10 Å². The lowest BCUT2D eigenvalue weighted by molar-refractivity contribution is -0.156. The second kappa shape index (κ2) is 6.66. The van der Waals surface area contributed by atoms with Crippen LogP contribution in [0.2, 0.25) is 0 Å². The lowest BCUT2D eigenvalue weighted by Crippen LogP contribution is -2.57. The Hall–Kier alpha value is -1.68. The number of hydrogen-bond acceptors (Lipinski definition) is 7. The van der Waals surface area contributed by atoms with Crippen molar-refractivity contribution < 1.29 is 39.9 Å². The standard InChI is InChI=1S/C11H17NO8/c1-4(14)12-5-2-7(11(18)19)20-10(8(5)16)9(17)6(15)3-13/h2,5-6,8-10,13,15-17H,3H2,1H3,(H,12,14)(H,18,19). The van der Waals surface area contributed by atoms with Gasteiger partial charge in [-0.3, -0.25) is 4.79 Å². The molecule has 9 heteroatoms. The van der Waals surface area contributed by atoms with E-state index in [-0.39, 0.29) is 0 Å². The lowest BCUT2D eigenvalue weighted by Gasteiger charge is -2.36. The molecule has 0 bridgehead atoms. The summed E-state index contributed by atoms with van der Waals surface area (Å²) in [5.74, 6) is -2.56. The maximum atomic E-state index is 11.0. The highest BCUT2D eigenvalue weighted by molar-refractivity contribution is 5.85. The minimum Gasteiger partial charge on any atom is -0.478 e. The highest BCUT2D eigenvalue weighted by Gasteiger charge is 2.42. The van der Waals surface area contributed by atoms with E-state index in [0.29, 0.717) is 0 Å². The molecule has 1 heterocycles. The van der Waals surface area contributed by atoms with Gasteiger partial charge in [-0.2, -0.15) is 0 Å². The Morgan fingerprint density at radius 3 is 2.50 bits per heavy atom. The molecular formula is C11H17NO8. The minimum absolute atomic E-state index is 0.520. The van der Waals surface area contributed by atoms with Crippen molar-refractivity contribution in [3.05, 3.63) is 11.8 Å². The Morgan fingerprint density at radius 1 is 1.45 bits per heavy atom. The molecule has 1 aliphatic rings. The molecule has 5 unspecified atom stereocenters. The zero-order valence-electron chi connectivity index (χ0n) is 10.6. The topological polar surface area (TPSA) is 157 Å². The molecule has 0 radical (unpaired) electrons. The van der Waals surface area contributed by atoms with E-state index in [2.05, 4.69) is 5.32 Å². The van der Waals surface area contributed by atoms with Gasteiger partial charge in [0.05, 0.1) is 12.6 Å². The normalized spacial score (nSPS) is 28.9. The zero-order valence-corrected chi connectivity index (χ0v) is 10.6. The van der Waals surface area contributed by atoms with Crippen molar-refractivity contribution in [2.45, 2.75) is 37.4 Å². The average molecular weight is 291 g/mol. The highest BCUT2D eigenvalue weighted by Crippen LogP contribution is 2.22. The summed E-state index contributed by atoms with van der Waals surface area (Å²) in [6, 6.07) is -1.10. The van der Waals surface area contributed by atoms with E-state index in [0.717, 1.165) is 6.08 Å². The van der Waals surface area contributed by atoms with E-state index in [4.69, 9.17) is 14.9 Å². The number of ether oxygens (including phenoxy) is 1. The predicted molar refractivity (Wildman–Crippen MR) is 63.3 cm³/mol. The third kappa shape index (κ3) is 3.67. The van der Waals surface area contributed by atoms with Gasteiger partial charge >= 0.3 is 5.97 Å². The third-order valence-electron chi connectivity index (χ3n) is 2.80. The molecule has 0 aromatic carbocycles. The van der Waals surface area contributed by atoms with Crippen LogP contribution in [0.4, 0.5) is 0 Å². The van der Waals surface area contributed by atoms with Gasteiger partial charge in [0.1, 0.15) is 18.3 Å². The molecule has 1 aliphatic heterocycles. The molecule has 0 fully saturated rings. The monoisotopic (exact) mass is 291 g/mol. The Kier molecular flexibility index (Phi) is 5.45. The smallest absolute Gasteiger partial charge is 0.370 e. The largest absolute Gasteiger partial charge is 0.478 e. The fourth-order valence-electron chi connectivity index (χ4n) is 1.80. The summed E-state index contributed by atoms with van der Waals surface area (Å²) in [5, 5.41) is 49.0. The molecule has 114 valence electrons. The van der Waals surface area contributed by atoms with Crippen molar-refractivity contribution in [1.29, 1.82) is 0 Å². The van der Waals surface area contributed by atoms with Gasteiger partial charge in [-0.25, -0.2) is 4.79 Å². The number of carbonyl (C=O) groups is 2. The number of hydrogen-bond donors (Lipinski definition) is 6. The molecular weight excluding hydrogens is 274 g/mol. The molecule has 0 aliphatic carbocycles. The van der Waals surface area contributed by atoms with Crippen LogP contribution in [0.1, 0.15) is 6.92 Å². The second-order valence-electron chi connectivity index (χ2n) is 4.38. The summed E-state index contributed by atoms with van der Waals surface area (Å²) in [4.78, 5) is 21.9. The fraction of sp³-hybridized carbons (Fsp3) is 0.636. The van der Waals surface area contributed by atoms with Crippen molar-refractivity contribution >= 4 is 11.9 Å². The number of aliphatic carboxylic acids is 1. The van der Waals surface area contributed by atoms with Crippen molar-refractivity contribution in [2.75, 3.05) is 6.61 Å². The van der Waals surface area contributed by atoms with Crippen LogP contribution >= 0.6 is 0 Å². The summed E-state index contributed by atoms with van der Waals surface area (Å²) >= 11 is 0. The van der Waals surface area contributed by atoms with Gasteiger partial charge in [0.25, 0.3) is 0 Å². The number of carboxylic acid groups (broad SMARTS) is 1. The number of carboxylic acids is 1. The van der Waals surface area contributed by atoms with E-state index in [1.807, 2.05) is 0 Å². The number of aliphatic hydroxyl groups is 4. The van der Waals surface area contributed by atoms with Gasteiger partial charge in [0.2, 0.25) is 11.7 Å². The molecule has 20 heavy (non-hydrogen) atoms. The SMILES string of the molecule is CC(=O)NC1C=C(C(=O)O)OC(C(O)C(O)CO)C1O. The Bertz CT molecular complexity index is 409. The van der Waals surface area contributed by atoms with Crippen LogP contribution < -0.4 is 5.32 Å². The van der Waals surface area contributed by atoms with Gasteiger partial charge < -0.3 is 35.6 Å². The molecule has 0 spiro atoms. The maximum Gasteiger partial charge on any atom is 0.370 e. The van der Waals surface area contributed by atoms with E-state index < -0.39 is 54.7 Å². The van der Waals surface area contributed by atoms with Crippen molar-refractivity contribution in [3.63, 3.8) is 0 Å². The third-order valence-corrected chi connectivity index (χ3v) is 2.80. The fourth-order valence-corrected chi connectivity index (χ4v) is 1.80. The first-order valence-electron chi connectivity index (χ1n) is 5.81. The molecule has 9 nitrogen and oxygen atoms in total. The zero-order chi connectivity index (χ0) is 15.4. The summed E-state index contributed by atoms with van der Waals surface area (Å²) < 4.78 is 4.90. The van der Waals surface area contributed by atoms with E-state index >= 15 is 0 Å². The predicted octanol–water partition coefficient (Wildman–Crippen LogP) is -3.07. The molecule has 0 saturated heterocycles. The average Bonchev–Trinajstić information content (AvgIpc) is 2.38. The van der Waals surface area contributed by atoms with E-state index in [1.165, 1.54) is 6.92 Å². The number of amides is 1. The summed E-state index contributed by atoms with van der Waals surface area (Å²) in [6.45, 7) is 0.370. The van der Waals surface area contributed by atoms with Crippen molar-refractivity contribution in [2.24, 2.45) is 0 Å². The van der Waals surface area contributed by atoms with Crippen LogP contribution in [0.3, 0.4) is 0 Å². The Balaban J connectivity index is 3.00. The first-order chi connectivity index (χ1) is 9.27. The molecule has 0 aromatic heterocycles. The van der Waals surface area contributed by atoms with Crippen LogP contribution in [-0.4, -0.2) is 74.5 Å². The molecule has 0 saturated carbocycles.